The zero-order valence-corrected chi connectivity index (χ0v) is 14.3. The molecule has 1 saturated heterocycles. The topological polar surface area (TPSA) is 75.8 Å². The summed E-state index contributed by atoms with van der Waals surface area (Å²) in [5.41, 5.74) is 1.89. The summed E-state index contributed by atoms with van der Waals surface area (Å²) in [6.07, 6.45) is 4.01. The number of para-hydroxylation sites is 1. The Bertz CT molecular complexity index is 779. The smallest absolute Gasteiger partial charge is 0.280 e. The quantitative estimate of drug-likeness (QED) is 0.905. The van der Waals surface area contributed by atoms with Crippen molar-refractivity contribution in [1.82, 2.24) is 4.98 Å². The Morgan fingerprint density at radius 1 is 1.28 bits per heavy atom. The third kappa shape index (κ3) is 2.91. The van der Waals surface area contributed by atoms with Gasteiger partial charge in [0.2, 0.25) is 0 Å². The Labute approximate surface area is 146 Å². The van der Waals surface area contributed by atoms with Crippen LogP contribution in [0.1, 0.15) is 60.0 Å². The van der Waals surface area contributed by atoms with Crippen LogP contribution in [0.15, 0.2) is 28.9 Å². The van der Waals surface area contributed by atoms with Gasteiger partial charge in [-0.15, -0.1) is 0 Å². The maximum absolute atomic E-state index is 13.0. The van der Waals surface area contributed by atoms with E-state index in [4.69, 9.17) is 9.15 Å². The summed E-state index contributed by atoms with van der Waals surface area (Å²) in [6, 6.07) is 5.40. The number of phenols is 1. The second-order valence-electron chi connectivity index (χ2n) is 6.82. The molecule has 2 aliphatic rings. The standard InChI is InChI=1S/C19H22N2O4/c1-12-5-8-21(17-14(12)3-2-4-16(17)22)19(23)15-11-25-18(20-15)13-6-9-24-10-7-13/h2-4,11-13,22H,5-10H2,1H3. The summed E-state index contributed by atoms with van der Waals surface area (Å²) in [7, 11) is 0. The molecule has 0 radical (unpaired) electrons. The predicted molar refractivity (Wildman–Crippen MR) is 92.1 cm³/mol. The molecule has 1 aromatic carbocycles. The summed E-state index contributed by atoms with van der Waals surface area (Å²) in [5.74, 6) is 1.02. The van der Waals surface area contributed by atoms with Crippen molar-refractivity contribution < 1.29 is 19.1 Å². The molecule has 0 aliphatic carbocycles. The zero-order valence-electron chi connectivity index (χ0n) is 14.3. The van der Waals surface area contributed by atoms with Crippen molar-refractivity contribution in [2.75, 3.05) is 24.7 Å². The number of carbonyl (C=O) groups excluding carboxylic acids is 1. The van der Waals surface area contributed by atoms with Crippen molar-refractivity contribution in [2.45, 2.75) is 38.0 Å². The molecule has 2 aliphatic heterocycles. The van der Waals surface area contributed by atoms with Gasteiger partial charge in [-0.25, -0.2) is 4.98 Å². The molecule has 0 spiro atoms. The molecule has 6 nitrogen and oxygen atoms in total. The maximum Gasteiger partial charge on any atom is 0.280 e. The molecule has 132 valence electrons. The minimum absolute atomic E-state index is 0.130. The molecule has 1 N–H and O–H groups in total. The van der Waals surface area contributed by atoms with E-state index in [9.17, 15) is 9.90 Å². The number of ether oxygens (including phenoxy) is 1. The van der Waals surface area contributed by atoms with Crippen LogP contribution in [0.2, 0.25) is 0 Å². The summed E-state index contributed by atoms with van der Waals surface area (Å²) < 4.78 is 10.9. The molecule has 2 aromatic rings. The number of hydrogen-bond donors (Lipinski definition) is 1. The number of amides is 1. The number of nitrogens with zero attached hydrogens (tertiary/aromatic N) is 2. The molecule has 1 unspecified atom stereocenters. The monoisotopic (exact) mass is 342 g/mol. The van der Waals surface area contributed by atoms with Crippen LogP contribution < -0.4 is 4.90 Å². The van der Waals surface area contributed by atoms with Gasteiger partial charge < -0.3 is 19.2 Å². The number of aromatic hydroxyl groups is 1. The Balaban J connectivity index is 1.62. The Morgan fingerprint density at radius 2 is 2.08 bits per heavy atom. The second-order valence-corrected chi connectivity index (χ2v) is 6.82. The Morgan fingerprint density at radius 3 is 2.88 bits per heavy atom. The number of aromatic nitrogens is 1. The van der Waals surface area contributed by atoms with Gasteiger partial charge in [-0.2, -0.15) is 0 Å². The Hall–Kier alpha value is -2.34. The molecule has 4 rings (SSSR count). The fourth-order valence-electron chi connectivity index (χ4n) is 3.69. The lowest BCUT2D eigenvalue weighted by atomic mass is 9.91. The van der Waals surface area contributed by atoms with E-state index in [1.165, 1.54) is 6.26 Å². The van der Waals surface area contributed by atoms with Crippen molar-refractivity contribution in [1.29, 1.82) is 0 Å². The average Bonchev–Trinajstić information content (AvgIpc) is 3.13. The summed E-state index contributed by atoms with van der Waals surface area (Å²) in [5, 5.41) is 10.3. The van der Waals surface area contributed by atoms with E-state index >= 15 is 0 Å². The lowest BCUT2D eigenvalue weighted by molar-refractivity contribution is 0.0794. The highest BCUT2D eigenvalue weighted by atomic mass is 16.5. The highest BCUT2D eigenvalue weighted by Gasteiger charge is 2.31. The van der Waals surface area contributed by atoms with Crippen molar-refractivity contribution in [3.8, 4) is 5.75 Å². The summed E-state index contributed by atoms with van der Waals surface area (Å²) in [4.78, 5) is 19.0. The first kappa shape index (κ1) is 16.1. The van der Waals surface area contributed by atoms with Gasteiger partial charge >= 0.3 is 0 Å². The van der Waals surface area contributed by atoms with E-state index in [0.717, 1.165) is 24.8 Å². The minimum atomic E-state index is -0.225. The normalized spacial score (nSPS) is 21.2. The number of anilines is 1. The molecule has 1 atom stereocenters. The fraction of sp³-hybridized carbons (Fsp3) is 0.474. The van der Waals surface area contributed by atoms with E-state index in [0.29, 0.717) is 42.9 Å². The van der Waals surface area contributed by atoms with Gasteiger partial charge in [-0.1, -0.05) is 19.1 Å². The van der Waals surface area contributed by atoms with E-state index in [1.807, 2.05) is 12.1 Å². The van der Waals surface area contributed by atoms with Crippen LogP contribution >= 0.6 is 0 Å². The second kappa shape index (κ2) is 6.52. The van der Waals surface area contributed by atoms with E-state index in [2.05, 4.69) is 11.9 Å². The number of oxazole rings is 1. The number of hydrogen-bond acceptors (Lipinski definition) is 5. The highest BCUT2D eigenvalue weighted by molar-refractivity contribution is 6.06. The number of carbonyl (C=O) groups is 1. The molecule has 1 amide bonds. The molecule has 1 fully saturated rings. The summed E-state index contributed by atoms with van der Waals surface area (Å²) >= 11 is 0. The number of rotatable bonds is 2. The third-order valence-corrected chi connectivity index (χ3v) is 5.19. The molecule has 0 saturated carbocycles. The molecule has 1 aromatic heterocycles. The predicted octanol–water partition coefficient (Wildman–Crippen LogP) is 3.43. The van der Waals surface area contributed by atoms with E-state index < -0.39 is 0 Å². The van der Waals surface area contributed by atoms with Crippen LogP contribution in [0.25, 0.3) is 0 Å². The van der Waals surface area contributed by atoms with Crippen molar-refractivity contribution in [3.05, 3.63) is 41.6 Å². The van der Waals surface area contributed by atoms with Gasteiger partial charge in [0, 0.05) is 25.7 Å². The first-order valence-corrected chi connectivity index (χ1v) is 8.82. The van der Waals surface area contributed by atoms with Crippen LogP contribution in [0.3, 0.4) is 0 Å². The van der Waals surface area contributed by atoms with Gasteiger partial charge in [-0.3, -0.25) is 4.79 Å². The van der Waals surface area contributed by atoms with Gasteiger partial charge in [0.25, 0.3) is 5.91 Å². The van der Waals surface area contributed by atoms with Gasteiger partial charge in [0.1, 0.15) is 12.0 Å². The Kier molecular flexibility index (Phi) is 4.21. The third-order valence-electron chi connectivity index (χ3n) is 5.19. The highest BCUT2D eigenvalue weighted by Crippen LogP contribution is 2.41. The first-order chi connectivity index (χ1) is 12.1. The molecule has 0 bridgehead atoms. The van der Waals surface area contributed by atoms with Gasteiger partial charge in [0.15, 0.2) is 11.6 Å². The van der Waals surface area contributed by atoms with E-state index in [1.54, 1.807) is 11.0 Å². The molecular formula is C19H22N2O4. The SMILES string of the molecule is CC1CCN(C(=O)c2coc(C3CCOCC3)n2)c2c(O)cccc21. The van der Waals surface area contributed by atoms with Crippen molar-refractivity contribution >= 4 is 11.6 Å². The molecule has 6 heteroatoms. The summed E-state index contributed by atoms with van der Waals surface area (Å²) in [6.45, 7) is 4.06. The lowest BCUT2D eigenvalue weighted by Crippen LogP contribution is -2.36. The van der Waals surface area contributed by atoms with Crippen LogP contribution in [-0.4, -0.2) is 35.8 Å². The van der Waals surface area contributed by atoms with Crippen LogP contribution in [0.5, 0.6) is 5.75 Å². The first-order valence-electron chi connectivity index (χ1n) is 8.82. The minimum Gasteiger partial charge on any atom is -0.506 e. The molecule has 25 heavy (non-hydrogen) atoms. The van der Waals surface area contributed by atoms with Crippen molar-refractivity contribution in [3.63, 3.8) is 0 Å². The van der Waals surface area contributed by atoms with Crippen LogP contribution in [0, 0.1) is 0 Å². The number of phenolic OH excluding ortho intramolecular Hbond substituents is 1. The van der Waals surface area contributed by atoms with Gasteiger partial charge in [-0.05, 0) is 36.8 Å². The lowest BCUT2D eigenvalue weighted by Gasteiger charge is -2.32. The zero-order chi connectivity index (χ0) is 17.4. The molecule has 3 heterocycles. The van der Waals surface area contributed by atoms with Crippen LogP contribution in [0.4, 0.5) is 5.69 Å². The van der Waals surface area contributed by atoms with E-state index in [-0.39, 0.29) is 17.6 Å². The largest absolute Gasteiger partial charge is 0.506 e. The van der Waals surface area contributed by atoms with Crippen molar-refractivity contribution in [2.24, 2.45) is 0 Å². The molecular weight excluding hydrogens is 320 g/mol. The number of fused-ring (bicyclic) bond motifs is 1. The average molecular weight is 342 g/mol. The number of benzene rings is 1. The van der Waals surface area contributed by atoms with Gasteiger partial charge in [0.05, 0.1) is 5.69 Å². The maximum atomic E-state index is 13.0. The van der Waals surface area contributed by atoms with Crippen LogP contribution in [-0.2, 0) is 4.74 Å². The fourth-order valence-corrected chi connectivity index (χ4v) is 3.69.